The van der Waals surface area contributed by atoms with Crippen LogP contribution in [0.1, 0.15) is 63.8 Å². The van der Waals surface area contributed by atoms with Gasteiger partial charge in [0.25, 0.3) is 0 Å². The van der Waals surface area contributed by atoms with Crippen LogP contribution in [0.2, 0.25) is 0 Å². The van der Waals surface area contributed by atoms with Crippen LogP contribution in [-0.4, -0.2) is 44.1 Å². The summed E-state index contributed by atoms with van der Waals surface area (Å²) in [7, 11) is 0. The van der Waals surface area contributed by atoms with E-state index < -0.39 is 0 Å². The summed E-state index contributed by atoms with van der Waals surface area (Å²) in [6, 6.07) is 1.64. The third kappa shape index (κ3) is 2.59. The summed E-state index contributed by atoms with van der Waals surface area (Å²) in [5.74, 6) is 0. The molecule has 6 heteroatoms. The van der Waals surface area contributed by atoms with E-state index in [4.69, 9.17) is 0 Å². The van der Waals surface area contributed by atoms with Crippen molar-refractivity contribution in [3.05, 3.63) is 12.4 Å². The van der Waals surface area contributed by atoms with Crippen molar-refractivity contribution < 1.29 is 4.79 Å². The minimum Gasteiger partial charge on any atom is -0.335 e. The number of amides is 2. The van der Waals surface area contributed by atoms with E-state index in [1.165, 1.54) is 19.3 Å². The predicted molar refractivity (Wildman–Crippen MR) is 82.3 cm³/mol. The summed E-state index contributed by atoms with van der Waals surface area (Å²) in [4.78, 5) is 16.7. The normalized spacial score (nSPS) is 32.2. The number of nitrogens with zero attached hydrogens (tertiary/aromatic N) is 4. The van der Waals surface area contributed by atoms with Crippen molar-refractivity contribution in [3.63, 3.8) is 0 Å². The van der Waals surface area contributed by atoms with Gasteiger partial charge in [0.05, 0.1) is 18.4 Å². The highest BCUT2D eigenvalue weighted by molar-refractivity contribution is 5.75. The fourth-order valence-corrected chi connectivity index (χ4v) is 4.58. The van der Waals surface area contributed by atoms with Crippen molar-refractivity contribution in [3.8, 4) is 0 Å². The van der Waals surface area contributed by atoms with Crippen LogP contribution < -0.4 is 5.32 Å². The first-order chi connectivity index (χ1) is 10.8. The summed E-state index contributed by atoms with van der Waals surface area (Å²) < 4.78 is 0. The maximum absolute atomic E-state index is 12.7. The fourth-order valence-electron chi connectivity index (χ4n) is 4.58. The molecule has 2 bridgehead atoms. The van der Waals surface area contributed by atoms with Gasteiger partial charge >= 0.3 is 6.03 Å². The largest absolute Gasteiger partial charge is 0.335 e. The van der Waals surface area contributed by atoms with Crippen LogP contribution in [0, 0.1) is 0 Å². The van der Waals surface area contributed by atoms with Gasteiger partial charge in [-0.05, 0) is 38.5 Å². The SMILES string of the molecule is O=C(NC1CCCCC1)N1C2CCC1CC(n1nccn1)C2. The molecule has 1 aromatic heterocycles. The highest BCUT2D eigenvalue weighted by Gasteiger charge is 2.44. The number of aromatic nitrogens is 3. The van der Waals surface area contributed by atoms with Crippen LogP contribution in [0.3, 0.4) is 0 Å². The van der Waals surface area contributed by atoms with Gasteiger partial charge in [-0.2, -0.15) is 15.0 Å². The quantitative estimate of drug-likeness (QED) is 0.913. The van der Waals surface area contributed by atoms with E-state index in [1.54, 1.807) is 12.4 Å². The molecule has 4 rings (SSSR count). The van der Waals surface area contributed by atoms with Gasteiger partial charge in [-0.15, -0.1) is 0 Å². The van der Waals surface area contributed by atoms with Crippen LogP contribution in [-0.2, 0) is 0 Å². The van der Waals surface area contributed by atoms with E-state index in [-0.39, 0.29) is 6.03 Å². The fraction of sp³-hybridized carbons (Fsp3) is 0.812. The summed E-state index contributed by atoms with van der Waals surface area (Å²) in [6.07, 6.45) is 13.8. The van der Waals surface area contributed by atoms with Gasteiger partial charge in [0.1, 0.15) is 0 Å². The van der Waals surface area contributed by atoms with Crippen molar-refractivity contribution in [2.75, 3.05) is 0 Å². The van der Waals surface area contributed by atoms with E-state index in [1.807, 2.05) is 4.80 Å². The molecular weight excluding hydrogens is 278 g/mol. The molecule has 2 amide bonds. The van der Waals surface area contributed by atoms with Crippen molar-refractivity contribution in [2.24, 2.45) is 0 Å². The lowest BCUT2D eigenvalue weighted by Gasteiger charge is -2.39. The van der Waals surface area contributed by atoms with Crippen LogP contribution >= 0.6 is 0 Å². The number of fused-ring (bicyclic) bond motifs is 2. The molecule has 22 heavy (non-hydrogen) atoms. The second-order valence-corrected chi connectivity index (χ2v) is 7.05. The third-order valence-electron chi connectivity index (χ3n) is 5.64. The molecule has 2 saturated heterocycles. The molecule has 2 unspecified atom stereocenters. The molecule has 1 saturated carbocycles. The van der Waals surface area contributed by atoms with Gasteiger partial charge in [-0.25, -0.2) is 4.79 Å². The first kappa shape index (κ1) is 14.0. The number of urea groups is 1. The summed E-state index contributed by atoms with van der Waals surface area (Å²) in [5.41, 5.74) is 0. The molecule has 0 spiro atoms. The van der Waals surface area contributed by atoms with E-state index >= 15 is 0 Å². The minimum atomic E-state index is 0.172. The number of hydrogen-bond donors (Lipinski definition) is 1. The number of piperidine rings is 1. The lowest BCUT2D eigenvalue weighted by Crippen LogP contribution is -2.53. The molecule has 3 aliphatic rings. The van der Waals surface area contributed by atoms with E-state index in [9.17, 15) is 4.79 Å². The number of rotatable bonds is 2. The zero-order valence-electron chi connectivity index (χ0n) is 13.0. The number of carbonyl (C=O) groups excluding carboxylic acids is 1. The summed E-state index contributed by atoms with van der Waals surface area (Å²) in [6.45, 7) is 0. The Hall–Kier alpha value is -1.59. The molecule has 3 fully saturated rings. The Labute approximate surface area is 131 Å². The van der Waals surface area contributed by atoms with Gasteiger partial charge in [-0.1, -0.05) is 19.3 Å². The number of hydrogen-bond acceptors (Lipinski definition) is 3. The summed E-state index contributed by atoms with van der Waals surface area (Å²) in [5, 5.41) is 11.9. The molecule has 6 nitrogen and oxygen atoms in total. The van der Waals surface area contributed by atoms with Gasteiger partial charge < -0.3 is 10.2 Å². The first-order valence-corrected chi connectivity index (χ1v) is 8.76. The molecule has 3 heterocycles. The minimum absolute atomic E-state index is 0.172. The lowest BCUT2D eigenvalue weighted by atomic mass is 9.95. The maximum Gasteiger partial charge on any atom is 0.318 e. The van der Waals surface area contributed by atoms with Gasteiger partial charge in [0.15, 0.2) is 0 Å². The van der Waals surface area contributed by atoms with Crippen LogP contribution in [0.5, 0.6) is 0 Å². The third-order valence-corrected chi connectivity index (χ3v) is 5.64. The van der Waals surface area contributed by atoms with E-state index in [0.29, 0.717) is 24.2 Å². The molecule has 1 aliphatic carbocycles. The Balaban J connectivity index is 1.40. The molecule has 0 radical (unpaired) electrons. The molecule has 0 aromatic carbocycles. The van der Waals surface area contributed by atoms with E-state index in [0.717, 1.165) is 38.5 Å². The smallest absolute Gasteiger partial charge is 0.318 e. The number of carbonyl (C=O) groups is 1. The monoisotopic (exact) mass is 303 g/mol. The Morgan fingerprint density at radius 2 is 1.55 bits per heavy atom. The first-order valence-electron chi connectivity index (χ1n) is 8.76. The number of nitrogens with one attached hydrogen (secondary N) is 1. The van der Waals surface area contributed by atoms with Gasteiger partial charge in [-0.3, -0.25) is 0 Å². The average Bonchev–Trinajstić information content (AvgIpc) is 3.15. The second-order valence-electron chi connectivity index (χ2n) is 7.05. The maximum atomic E-state index is 12.7. The Morgan fingerprint density at radius 1 is 0.909 bits per heavy atom. The lowest BCUT2D eigenvalue weighted by molar-refractivity contribution is 0.112. The highest BCUT2D eigenvalue weighted by atomic mass is 16.2. The topological polar surface area (TPSA) is 63.1 Å². The molecule has 2 atom stereocenters. The Morgan fingerprint density at radius 3 is 2.18 bits per heavy atom. The van der Waals surface area contributed by atoms with Crippen molar-refractivity contribution >= 4 is 6.03 Å². The van der Waals surface area contributed by atoms with Gasteiger partial charge in [0.2, 0.25) is 0 Å². The predicted octanol–water partition coefficient (Wildman–Crippen LogP) is 2.49. The van der Waals surface area contributed by atoms with Crippen LogP contribution in [0.4, 0.5) is 4.79 Å². The Kier molecular flexibility index (Phi) is 3.76. The molecule has 1 aromatic rings. The standard InChI is InChI=1S/C16H25N5O/c22-16(19-12-4-2-1-3-5-12)20-13-6-7-14(20)11-15(10-13)21-17-8-9-18-21/h8-9,12-15H,1-7,10-11H2,(H,19,22). The molecule has 120 valence electrons. The zero-order chi connectivity index (χ0) is 14.9. The Bertz CT molecular complexity index is 497. The highest BCUT2D eigenvalue weighted by Crippen LogP contribution is 2.40. The van der Waals surface area contributed by atoms with Crippen LogP contribution in [0.25, 0.3) is 0 Å². The van der Waals surface area contributed by atoms with Gasteiger partial charge in [0, 0.05) is 18.1 Å². The molecule has 2 aliphatic heterocycles. The van der Waals surface area contributed by atoms with Crippen LogP contribution in [0.15, 0.2) is 12.4 Å². The van der Waals surface area contributed by atoms with Crippen molar-refractivity contribution in [1.29, 1.82) is 0 Å². The molecular formula is C16H25N5O. The van der Waals surface area contributed by atoms with Crippen molar-refractivity contribution in [1.82, 2.24) is 25.2 Å². The molecule has 1 N–H and O–H groups in total. The van der Waals surface area contributed by atoms with E-state index in [2.05, 4.69) is 20.4 Å². The van der Waals surface area contributed by atoms with Crippen molar-refractivity contribution in [2.45, 2.75) is 82.0 Å². The zero-order valence-corrected chi connectivity index (χ0v) is 13.0. The summed E-state index contributed by atoms with van der Waals surface area (Å²) >= 11 is 0. The second kappa shape index (κ2) is 5.89. The average molecular weight is 303 g/mol.